The number of aromatic nitrogens is 5. The fraction of sp³-hybridized carbons (Fsp3) is 0.320. The molecule has 0 unspecified atom stereocenters. The lowest BCUT2D eigenvalue weighted by Gasteiger charge is -2.39. The van der Waals surface area contributed by atoms with Crippen molar-refractivity contribution in [2.75, 3.05) is 44.1 Å². The predicted molar refractivity (Wildman–Crippen MR) is 142 cm³/mol. The van der Waals surface area contributed by atoms with Crippen LogP contribution >= 0.6 is 11.5 Å². The zero-order chi connectivity index (χ0) is 27.1. The van der Waals surface area contributed by atoms with E-state index in [-0.39, 0.29) is 34.7 Å². The minimum absolute atomic E-state index is 0.0875. The molecule has 38 heavy (non-hydrogen) atoms. The van der Waals surface area contributed by atoms with E-state index in [0.717, 1.165) is 11.5 Å². The van der Waals surface area contributed by atoms with Crippen LogP contribution in [0, 0.1) is 12.8 Å². The third-order valence-electron chi connectivity index (χ3n) is 6.43. The SMILES string of the molecule is COc1ccc(CC(=O)C2CN(c3cc(C)c4c(=O)c(C(=O)O)cn(-c5nc(N(C)C)ns5)c4n3)C2)nc1. The predicted octanol–water partition coefficient (Wildman–Crippen LogP) is 1.96. The zero-order valence-electron chi connectivity index (χ0n) is 21.2. The molecule has 0 radical (unpaired) electrons. The average molecular weight is 536 g/mol. The van der Waals surface area contributed by atoms with Crippen LogP contribution < -0.4 is 20.0 Å². The largest absolute Gasteiger partial charge is 0.495 e. The van der Waals surface area contributed by atoms with E-state index < -0.39 is 11.4 Å². The van der Waals surface area contributed by atoms with Crippen molar-refractivity contribution in [1.82, 2.24) is 23.9 Å². The van der Waals surface area contributed by atoms with Gasteiger partial charge >= 0.3 is 5.97 Å². The smallest absolute Gasteiger partial charge is 0.341 e. The molecule has 5 rings (SSSR count). The number of aryl methyl sites for hydroxylation is 1. The van der Waals surface area contributed by atoms with Gasteiger partial charge in [-0.15, -0.1) is 0 Å². The lowest BCUT2D eigenvalue weighted by Crippen LogP contribution is -2.51. The Morgan fingerprint density at radius 1 is 1.24 bits per heavy atom. The van der Waals surface area contributed by atoms with Crippen LogP contribution in [0.1, 0.15) is 21.6 Å². The number of Topliss-reactive ketones (excluding diaryl/α,β-unsaturated/α-hetero) is 1. The molecule has 0 aromatic carbocycles. The van der Waals surface area contributed by atoms with Gasteiger partial charge in [-0.2, -0.15) is 9.36 Å². The Bertz CT molecular complexity index is 1610. The second-order valence-corrected chi connectivity index (χ2v) is 9.98. The number of carbonyl (C=O) groups excluding carboxylic acids is 1. The first-order valence-corrected chi connectivity index (χ1v) is 12.5. The Balaban J connectivity index is 1.45. The van der Waals surface area contributed by atoms with Crippen molar-refractivity contribution in [3.05, 3.63) is 57.6 Å². The van der Waals surface area contributed by atoms with E-state index in [1.807, 2.05) is 4.90 Å². The summed E-state index contributed by atoms with van der Waals surface area (Å²) in [6, 6.07) is 5.30. The number of hydrogen-bond acceptors (Lipinski definition) is 11. The van der Waals surface area contributed by atoms with Crippen LogP contribution in [0.4, 0.5) is 11.8 Å². The third kappa shape index (κ3) is 4.56. The monoisotopic (exact) mass is 535 g/mol. The molecule has 0 saturated carbocycles. The summed E-state index contributed by atoms with van der Waals surface area (Å²) in [5, 5.41) is 10.2. The number of rotatable bonds is 8. The molecule has 1 saturated heterocycles. The number of aromatic carboxylic acids is 1. The highest BCUT2D eigenvalue weighted by Gasteiger charge is 2.34. The molecule has 1 N–H and O–H groups in total. The van der Waals surface area contributed by atoms with Crippen LogP contribution in [0.2, 0.25) is 0 Å². The summed E-state index contributed by atoms with van der Waals surface area (Å²) >= 11 is 1.07. The molecule has 1 aliphatic heterocycles. The molecule has 1 fully saturated rings. The van der Waals surface area contributed by atoms with Gasteiger partial charge in [0.25, 0.3) is 0 Å². The summed E-state index contributed by atoms with van der Waals surface area (Å²) < 4.78 is 10.9. The Morgan fingerprint density at radius 2 is 2.00 bits per heavy atom. The van der Waals surface area contributed by atoms with E-state index in [1.165, 1.54) is 10.8 Å². The van der Waals surface area contributed by atoms with Gasteiger partial charge in [-0.25, -0.2) is 9.78 Å². The van der Waals surface area contributed by atoms with Crippen LogP contribution in [-0.2, 0) is 11.2 Å². The molecule has 0 spiro atoms. The van der Waals surface area contributed by atoms with Crippen molar-refractivity contribution in [2.45, 2.75) is 13.3 Å². The van der Waals surface area contributed by atoms with E-state index in [2.05, 4.69) is 14.3 Å². The zero-order valence-corrected chi connectivity index (χ0v) is 22.0. The minimum Gasteiger partial charge on any atom is -0.495 e. The molecule has 1 aliphatic rings. The van der Waals surface area contributed by atoms with Gasteiger partial charge in [-0.1, -0.05) is 0 Å². The normalized spacial score (nSPS) is 13.4. The summed E-state index contributed by atoms with van der Waals surface area (Å²) in [6.45, 7) is 2.70. The quantitative estimate of drug-likeness (QED) is 0.354. The number of pyridine rings is 3. The summed E-state index contributed by atoms with van der Waals surface area (Å²) in [7, 11) is 5.16. The first-order chi connectivity index (χ1) is 18.2. The van der Waals surface area contributed by atoms with Gasteiger partial charge in [-0.05, 0) is 30.7 Å². The lowest BCUT2D eigenvalue weighted by molar-refractivity contribution is -0.123. The number of ether oxygens (including phenoxy) is 1. The van der Waals surface area contributed by atoms with Crippen molar-refractivity contribution >= 4 is 46.1 Å². The molecule has 0 atom stereocenters. The van der Waals surface area contributed by atoms with Crippen molar-refractivity contribution < 1.29 is 19.4 Å². The van der Waals surface area contributed by atoms with Crippen molar-refractivity contribution in [3.8, 4) is 10.9 Å². The van der Waals surface area contributed by atoms with Gasteiger partial charge in [-0.3, -0.25) is 19.1 Å². The van der Waals surface area contributed by atoms with Crippen molar-refractivity contribution in [2.24, 2.45) is 5.92 Å². The second kappa shape index (κ2) is 9.82. The molecule has 12 nitrogen and oxygen atoms in total. The molecule has 5 heterocycles. The van der Waals surface area contributed by atoms with Gasteiger partial charge in [0.05, 0.1) is 24.6 Å². The molecule has 0 aliphatic carbocycles. The van der Waals surface area contributed by atoms with Crippen molar-refractivity contribution in [3.63, 3.8) is 0 Å². The van der Waals surface area contributed by atoms with Crippen molar-refractivity contribution in [1.29, 1.82) is 0 Å². The number of fused-ring (bicyclic) bond motifs is 1. The first kappa shape index (κ1) is 25.3. The fourth-order valence-corrected chi connectivity index (χ4v) is 4.97. The van der Waals surface area contributed by atoms with Crippen LogP contribution in [0.25, 0.3) is 16.2 Å². The molecule has 0 amide bonds. The number of carboxylic acid groups (broad SMARTS) is 1. The van der Waals surface area contributed by atoms with Crippen LogP contribution in [0.5, 0.6) is 5.75 Å². The summed E-state index contributed by atoms with van der Waals surface area (Å²) in [6.07, 6.45) is 3.06. The van der Waals surface area contributed by atoms with Gasteiger partial charge in [0.1, 0.15) is 22.9 Å². The van der Waals surface area contributed by atoms with E-state index in [0.29, 0.717) is 47.0 Å². The number of hydrogen-bond donors (Lipinski definition) is 1. The number of ketones is 1. The van der Waals surface area contributed by atoms with Crippen LogP contribution in [0.3, 0.4) is 0 Å². The van der Waals surface area contributed by atoms with E-state index in [4.69, 9.17) is 9.72 Å². The summed E-state index contributed by atoms with van der Waals surface area (Å²) in [5.74, 6) is 0.270. The third-order valence-corrected chi connectivity index (χ3v) is 7.14. The maximum atomic E-state index is 13.1. The average Bonchev–Trinajstić information content (AvgIpc) is 3.34. The molecular formula is C25H25N7O5S. The van der Waals surface area contributed by atoms with Gasteiger partial charge in [0.2, 0.25) is 16.5 Å². The minimum atomic E-state index is -1.33. The topological polar surface area (TPSA) is 144 Å². The molecule has 0 bridgehead atoms. The highest BCUT2D eigenvalue weighted by atomic mass is 32.1. The standard InChI is InChI=1S/C25H25N7O5S/c1-13-7-19(31-10-14(11-31)18(33)8-15-5-6-16(37-4)9-26-15)27-22-20(13)21(34)17(23(35)36)12-32(22)25-28-24(29-38-25)30(2)3/h5-7,9,12,14H,8,10-11H2,1-4H3,(H,35,36). The van der Waals surface area contributed by atoms with Crippen LogP contribution in [-0.4, -0.2) is 75.0 Å². The highest BCUT2D eigenvalue weighted by molar-refractivity contribution is 7.08. The van der Waals surface area contributed by atoms with Gasteiger partial charge in [0.15, 0.2) is 5.65 Å². The number of carboxylic acids is 1. The first-order valence-electron chi connectivity index (χ1n) is 11.7. The maximum Gasteiger partial charge on any atom is 0.341 e. The summed E-state index contributed by atoms with van der Waals surface area (Å²) in [4.78, 5) is 54.9. The Morgan fingerprint density at radius 3 is 2.61 bits per heavy atom. The highest BCUT2D eigenvalue weighted by Crippen LogP contribution is 2.29. The number of nitrogens with zero attached hydrogens (tertiary/aromatic N) is 7. The lowest BCUT2D eigenvalue weighted by atomic mass is 9.92. The second-order valence-electron chi connectivity index (χ2n) is 9.25. The number of anilines is 2. The molecular weight excluding hydrogens is 510 g/mol. The Kier molecular flexibility index (Phi) is 6.53. The molecule has 13 heteroatoms. The molecule has 4 aromatic heterocycles. The number of carbonyl (C=O) groups is 2. The van der Waals surface area contributed by atoms with Gasteiger partial charge < -0.3 is 19.6 Å². The van der Waals surface area contributed by atoms with Crippen LogP contribution in [0.15, 0.2) is 35.4 Å². The Labute approximate surface area is 221 Å². The molecule has 196 valence electrons. The fourth-order valence-electron chi connectivity index (χ4n) is 4.25. The molecule has 4 aromatic rings. The van der Waals surface area contributed by atoms with E-state index in [1.54, 1.807) is 57.4 Å². The van der Waals surface area contributed by atoms with Gasteiger partial charge in [0, 0.05) is 57.0 Å². The van der Waals surface area contributed by atoms with E-state index in [9.17, 15) is 19.5 Å². The maximum absolute atomic E-state index is 13.1. The van der Waals surface area contributed by atoms with E-state index >= 15 is 0 Å². The Hall–Kier alpha value is -4.39. The summed E-state index contributed by atoms with van der Waals surface area (Å²) in [5.41, 5.74) is 0.566. The number of methoxy groups -OCH3 is 1.